The average Bonchev–Trinajstić information content (AvgIpc) is 2.85. The Balaban J connectivity index is 2.04. The third kappa shape index (κ3) is 2.65. The minimum Gasteiger partial charge on any atom is -0.496 e. The zero-order chi connectivity index (χ0) is 13.0. The molecule has 0 amide bonds. The lowest BCUT2D eigenvalue weighted by Gasteiger charge is -2.06. The Labute approximate surface area is 103 Å². The molecule has 0 fully saturated rings. The lowest BCUT2D eigenvalue weighted by Crippen LogP contribution is -1.96. The summed E-state index contributed by atoms with van der Waals surface area (Å²) in [5.41, 5.74) is 1.01. The molecule has 0 bridgehead atoms. The summed E-state index contributed by atoms with van der Waals surface area (Å²) in [4.78, 5) is 10.6. The number of hydrogen-bond acceptors (Lipinski definition) is 5. The van der Waals surface area contributed by atoms with E-state index in [0.717, 1.165) is 11.3 Å². The fraction of sp³-hybridized carbons (Fsp3) is 0.250. The van der Waals surface area contributed by atoms with Crippen LogP contribution in [0.3, 0.4) is 0 Å². The van der Waals surface area contributed by atoms with Crippen molar-refractivity contribution < 1.29 is 19.1 Å². The van der Waals surface area contributed by atoms with E-state index in [1.807, 2.05) is 24.3 Å². The van der Waals surface area contributed by atoms with Gasteiger partial charge in [-0.1, -0.05) is 18.2 Å². The number of carboxylic acids is 1. The molecule has 0 aliphatic heterocycles. The van der Waals surface area contributed by atoms with Gasteiger partial charge in [0.2, 0.25) is 5.89 Å². The molecule has 1 heterocycles. The number of aromatic carboxylic acids is 1. The van der Waals surface area contributed by atoms with Crippen molar-refractivity contribution in [1.29, 1.82) is 0 Å². The molecule has 0 saturated carbocycles. The first-order chi connectivity index (χ1) is 8.70. The van der Waals surface area contributed by atoms with Crippen molar-refractivity contribution in [3.8, 4) is 5.75 Å². The normalized spacial score (nSPS) is 10.3. The highest BCUT2D eigenvalue weighted by atomic mass is 16.5. The Kier molecular flexibility index (Phi) is 3.57. The van der Waals surface area contributed by atoms with Gasteiger partial charge in [-0.2, -0.15) is 0 Å². The van der Waals surface area contributed by atoms with E-state index < -0.39 is 5.97 Å². The third-order valence-electron chi connectivity index (χ3n) is 2.45. The smallest absolute Gasteiger partial charge is 0.393 e. The van der Waals surface area contributed by atoms with Crippen LogP contribution in [0.25, 0.3) is 0 Å². The molecule has 0 radical (unpaired) electrons. The maximum Gasteiger partial charge on any atom is 0.393 e. The second-order valence-electron chi connectivity index (χ2n) is 3.62. The predicted molar refractivity (Wildman–Crippen MR) is 61.7 cm³/mol. The summed E-state index contributed by atoms with van der Waals surface area (Å²) < 4.78 is 10.2. The van der Waals surface area contributed by atoms with Crippen molar-refractivity contribution in [3.63, 3.8) is 0 Å². The second kappa shape index (κ2) is 5.31. The Hall–Kier alpha value is -2.37. The number of ether oxygens (including phenoxy) is 1. The summed E-state index contributed by atoms with van der Waals surface area (Å²) in [6.45, 7) is 0. The number of hydrogen-bond donors (Lipinski definition) is 1. The van der Waals surface area contributed by atoms with Gasteiger partial charge in [-0.05, 0) is 18.1 Å². The molecule has 18 heavy (non-hydrogen) atoms. The molecule has 6 heteroatoms. The molecule has 0 saturated heterocycles. The molecule has 1 aromatic heterocycles. The van der Waals surface area contributed by atoms with E-state index in [-0.39, 0.29) is 5.89 Å². The Morgan fingerprint density at radius 3 is 2.78 bits per heavy atom. The zero-order valence-electron chi connectivity index (χ0n) is 9.79. The molecule has 0 unspecified atom stereocenters. The van der Waals surface area contributed by atoms with Gasteiger partial charge in [-0.25, -0.2) is 4.79 Å². The van der Waals surface area contributed by atoms with Crippen molar-refractivity contribution >= 4 is 5.97 Å². The van der Waals surface area contributed by atoms with E-state index in [2.05, 4.69) is 10.2 Å². The van der Waals surface area contributed by atoms with Gasteiger partial charge in [0.05, 0.1) is 7.11 Å². The molecule has 0 atom stereocenters. The predicted octanol–water partition coefficient (Wildman–Crippen LogP) is 1.56. The topological polar surface area (TPSA) is 85.5 Å². The Morgan fingerprint density at radius 2 is 2.11 bits per heavy atom. The summed E-state index contributed by atoms with van der Waals surface area (Å²) in [7, 11) is 1.61. The standard InChI is InChI=1S/C12H12N2O4/c1-17-9-5-3-2-4-8(9)6-7-10-13-14-11(18-10)12(15)16/h2-5H,6-7H2,1H3,(H,15,16). The number of para-hydroxylation sites is 1. The van der Waals surface area contributed by atoms with Gasteiger partial charge in [-0.3, -0.25) is 0 Å². The summed E-state index contributed by atoms with van der Waals surface area (Å²) >= 11 is 0. The van der Waals surface area contributed by atoms with Gasteiger partial charge >= 0.3 is 11.9 Å². The molecule has 94 valence electrons. The van der Waals surface area contributed by atoms with Crippen LogP contribution in [-0.4, -0.2) is 28.4 Å². The minimum atomic E-state index is -1.22. The fourth-order valence-corrected chi connectivity index (χ4v) is 1.59. The van der Waals surface area contributed by atoms with Crippen LogP contribution in [0.4, 0.5) is 0 Å². The van der Waals surface area contributed by atoms with E-state index in [1.54, 1.807) is 7.11 Å². The van der Waals surface area contributed by atoms with Crippen molar-refractivity contribution in [2.24, 2.45) is 0 Å². The second-order valence-corrected chi connectivity index (χ2v) is 3.62. The highest BCUT2D eigenvalue weighted by Crippen LogP contribution is 2.19. The highest BCUT2D eigenvalue weighted by Gasteiger charge is 2.13. The molecule has 2 rings (SSSR count). The maximum absolute atomic E-state index is 10.6. The molecular weight excluding hydrogens is 236 g/mol. The molecule has 0 aliphatic rings. The van der Waals surface area contributed by atoms with E-state index >= 15 is 0 Å². The summed E-state index contributed by atoms with van der Waals surface area (Å²) in [5.74, 6) is -0.509. The van der Waals surface area contributed by atoms with Crippen LogP contribution in [0, 0.1) is 0 Å². The maximum atomic E-state index is 10.6. The number of aryl methyl sites for hydroxylation is 2. The lowest BCUT2D eigenvalue weighted by molar-refractivity contribution is 0.0651. The van der Waals surface area contributed by atoms with E-state index in [9.17, 15) is 4.79 Å². The van der Waals surface area contributed by atoms with Gasteiger partial charge in [0.1, 0.15) is 5.75 Å². The quantitative estimate of drug-likeness (QED) is 0.864. The van der Waals surface area contributed by atoms with Crippen LogP contribution in [0.15, 0.2) is 28.7 Å². The summed E-state index contributed by atoms with van der Waals surface area (Å²) in [5, 5.41) is 15.7. The average molecular weight is 248 g/mol. The number of carboxylic acid groups (broad SMARTS) is 1. The number of nitrogens with zero attached hydrogens (tertiary/aromatic N) is 2. The lowest BCUT2D eigenvalue weighted by atomic mass is 10.1. The number of rotatable bonds is 5. The molecule has 1 N–H and O–H groups in total. The third-order valence-corrected chi connectivity index (χ3v) is 2.45. The van der Waals surface area contributed by atoms with Gasteiger partial charge < -0.3 is 14.3 Å². The fourth-order valence-electron chi connectivity index (χ4n) is 1.59. The molecule has 0 aliphatic carbocycles. The zero-order valence-corrected chi connectivity index (χ0v) is 9.79. The monoisotopic (exact) mass is 248 g/mol. The van der Waals surface area contributed by atoms with Crippen LogP contribution >= 0.6 is 0 Å². The van der Waals surface area contributed by atoms with Crippen molar-refractivity contribution in [3.05, 3.63) is 41.6 Å². The largest absolute Gasteiger partial charge is 0.496 e. The number of aromatic nitrogens is 2. The summed E-state index contributed by atoms with van der Waals surface area (Å²) in [6, 6.07) is 7.60. The van der Waals surface area contributed by atoms with Crippen molar-refractivity contribution in [2.75, 3.05) is 7.11 Å². The van der Waals surface area contributed by atoms with Crippen LogP contribution in [-0.2, 0) is 12.8 Å². The molecular formula is C12H12N2O4. The molecule has 2 aromatic rings. The first-order valence-corrected chi connectivity index (χ1v) is 5.38. The van der Waals surface area contributed by atoms with E-state index in [0.29, 0.717) is 18.7 Å². The van der Waals surface area contributed by atoms with Crippen LogP contribution in [0.1, 0.15) is 22.1 Å². The minimum absolute atomic E-state index is 0.304. The van der Waals surface area contributed by atoms with Crippen LogP contribution in [0.2, 0.25) is 0 Å². The SMILES string of the molecule is COc1ccccc1CCc1nnc(C(=O)O)o1. The number of carbonyl (C=O) groups is 1. The van der Waals surface area contributed by atoms with Crippen LogP contribution < -0.4 is 4.74 Å². The summed E-state index contributed by atoms with van der Waals surface area (Å²) in [6.07, 6.45) is 1.12. The number of methoxy groups -OCH3 is 1. The first-order valence-electron chi connectivity index (χ1n) is 5.38. The van der Waals surface area contributed by atoms with Gasteiger partial charge in [-0.15, -0.1) is 10.2 Å². The van der Waals surface area contributed by atoms with Gasteiger partial charge in [0.15, 0.2) is 0 Å². The Morgan fingerprint density at radius 1 is 1.33 bits per heavy atom. The van der Waals surface area contributed by atoms with E-state index in [1.165, 1.54) is 0 Å². The Bertz CT molecular complexity index is 551. The highest BCUT2D eigenvalue weighted by molar-refractivity contribution is 5.81. The van der Waals surface area contributed by atoms with Gasteiger partial charge in [0, 0.05) is 6.42 Å². The molecule has 6 nitrogen and oxygen atoms in total. The van der Waals surface area contributed by atoms with Gasteiger partial charge in [0.25, 0.3) is 0 Å². The van der Waals surface area contributed by atoms with Crippen LogP contribution in [0.5, 0.6) is 5.75 Å². The first kappa shape index (κ1) is 12.1. The van der Waals surface area contributed by atoms with Crippen molar-refractivity contribution in [2.45, 2.75) is 12.8 Å². The van der Waals surface area contributed by atoms with E-state index in [4.69, 9.17) is 14.3 Å². The van der Waals surface area contributed by atoms with Crippen molar-refractivity contribution in [1.82, 2.24) is 10.2 Å². The molecule has 0 spiro atoms. The number of benzene rings is 1. The molecule has 1 aromatic carbocycles.